The first-order chi connectivity index (χ1) is 13.6. The van der Waals surface area contributed by atoms with Crippen molar-refractivity contribution < 1.29 is 4.39 Å². The number of aryl methyl sites for hydroxylation is 2. The van der Waals surface area contributed by atoms with Gasteiger partial charge in [0.15, 0.2) is 5.65 Å². The van der Waals surface area contributed by atoms with Gasteiger partial charge in [0.2, 0.25) is 5.95 Å². The Morgan fingerprint density at radius 3 is 2.57 bits per heavy atom. The van der Waals surface area contributed by atoms with Crippen LogP contribution in [0.5, 0.6) is 0 Å². The van der Waals surface area contributed by atoms with E-state index in [0.717, 1.165) is 53.3 Å². The third kappa shape index (κ3) is 2.84. The molecule has 1 aliphatic rings. The molecule has 5 rings (SSSR count). The molecule has 8 heteroatoms. The van der Waals surface area contributed by atoms with Gasteiger partial charge >= 0.3 is 0 Å². The zero-order valence-electron chi connectivity index (χ0n) is 15.7. The highest BCUT2D eigenvalue weighted by Crippen LogP contribution is 2.33. The molecule has 142 valence electrons. The molecular weight excluding hydrogens is 375 g/mol. The number of rotatable bonds is 3. The Labute approximate surface area is 165 Å². The fraction of sp³-hybridized carbons (Fsp3) is 0.300. The molecule has 4 aromatic rings. The normalized spacial score (nSPS) is 14.3. The molecule has 0 aromatic carbocycles. The van der Waals surface area contributed by atoms with E-state index in [1.54, 1.807) is 6.07 Å². The van der Waals surface area contributed by atoms with Crippen LogP contribution in [-0.4, -0.2) is 38.2 Å². The molecule has 0 radical (unpaired) electrons. The first-order valence-corrected chi connectivity index (χ1v) is 10.1. The fourth-order valence-corrected chi connectivity index (χ4v) is 4.63. The highest BCUT2D eigenvalue weighted by Gasteiger charge is 2.19. The second-order valence-electron chi connectivity index (χ2n) is 7.05. The summed E-state index contributed by atoms with van der Waals surface area (Å²) in [6, 6.07) is 7.60. The van der Waals surface area contributed by atoms with Gasteiger partial charge in [-0.2, -0.15) is 9.49 Å². The smallest absolute Gasteiger partial charge is 0.225 e. The number of hydrogen-bond donors (Lipinski definition) is 1. The van der Waals surface area contributed by atoms with Gasteiger partial charge in [-0.15, -0.1) is 11.3 Å². The summed E-state index contributed by atoms with van der Waals surface area (Å²) < 4.78 is 15.6. The molecule has 1 saturated heterocycles. The van der Waals surface area contributed by atoms with Crippen LogP contribution in [0.25, 0.3) is 32.2 Å². The molecule has 0 bridgehead atoms. The molecule has 0 aliphatic carbocycles. The van der Waals surface area contributed by atoms with E-state index in [-0.39, 0.29) is 0 Å². The summed E-state index contributed by atoms with van der Waals surface area (Å²) in [6.07, 6.45) is 2.26. The largest absolute Gasteiger partial charge is 0.357 e. The second-order valence-corrected chi connectivity index (χ2v) is 8.08. The molecule has 1 aliphatic heterocycles. The predicted octanol–water partition coefficient (Wildman–Crippen LogP) is 4.50. The van der Waals surface area contributed by atoms with E-state index < -0.39 is 5.95 Å². The maximum absolute atomic E-state index is 14.7. The zero-order valence-corrected chi connectivity index (χ0v) is 16.5. The lowest BCUT2D eigenvalue weighted by Crippen LogP contribution is -2.19. The van der Waals surface area contributed by atoms with Crippen molar-refractivity contribution in [1.82, 2.24) is 25.1 Å². The minimum absolute atomic E-state index is 0.420. The van der Waals surface area contributed by atoms with Crippen LogP contribution in [0.2, 0.25) is 0 Å². The van der Waals surface area contributed by atoms with Crippen LogP contribution in [0.15, 0.2) is 24.3 Å². The summed E-state index contributed by atoms with van der Waals surface area (Å²) in [5, 5.41) is 7.81. The lowest BCUT2D eigenvalue weighted by molar-refractivity contribution is 0.586. The number of fused-ring (bicyclic) bond motifs is 1. The average molecular weight is 394 g/mol. The molecule has 0 amide bonds. The number of aromatic amines is 1. The van der Waals surface area contributed by atoms with Gasteiger partial charge in [-0.05, 0) is 51.0 Å². The van der Waals surface area contributed by atoms with E-state index in [1.807, 2.05) is 32.0 Å². The van der Waals surface area contributed by atoms with Crippen LogP contribution in [0, 0.1) is 19.8 Å². The molecule has 0 atom stereocenters. The number of thiazole rings is 1. The van der Waals surface area contributed by atoms with E-state index in [2.05, 4.69) is 30.0 Å². The number of pyridine rings is 2. The Balaban J connectivity index is 1.53. The van der Waals surface area contributed by atoms with Crippen molar-refractivity contribution in [2.45, 2.75) is 26.7 Å². The van der Waals surface area contributed by atoms with Crippen LogP contribution in [0.4, 0.5) is 10.2 Å². The lowest BCUT2D eigenvalue weighted by Gasteiger charge is -2.16. The summed E-state index contributed by atoms with van der Waals surface area (Å²) in [4.78, 5) is 15.6. The SMILES string of the molecule is Cc1n[nH]c(C)c1-c1ccc2sc(-c3ccc(N4CCCC4)nc3F)nc2n1. The molecule has 1 fully saturated rings. The Hall–Kier alpha value is -2.87. The van der Waals surface area contributed by atoms with E-state index in [1.165, 1.54) is 11.3 Å². The molecule has 4 aromatic heterocycles. The van der Waals surface area contributed by atoms with Gasteiger partial charge in [-0.25, -0.2) is 15.0 Å². The number of halogens is 1. The first-order valence-electron chi connectivity index (χ1n) is 9.31. The van der Waals surface area contributed by atoms with E-state index in [0.29, 0.717) is 22.0 Å². The molecule has 6 nitrogen and oxygen atoms in total. The van der Waals surface area contributed by atoms with Crippen molar-refractivity contribution in [3.63, 3.8) is 0 Å². The molecule has 0 spiro atoms. The van der Waals surface area contributed by atoms with Gasteiger partial charge < -0.3 is 4.90 Å². The van der Waals surface area contributed by atoms with Crippen LogP contribution >= 0.6 is 11.3 Å². The molecule has 5 heterocycles. The number of anilines is 1. The molecule has 1 N–H and O–H groups in total. The first kappa shape index (κ1) is 17.2. The van der Waals surface area contributed by atoms with Crippen molar-refractivity contribution in [1.29, 1.82) is 0 Å². The van der Waals surface area contributed by atoms with Gasteiger partial charge in [-0.3, -0.25) is 5.10 Å². The third-order valence-corrected chi connectivity index (χ3v) is 6.18. The monoisotopic (exact) mass is 394 g/mol. The Kier molecular flexibility index (Phi) is 4.08. The van der Waals surface area contributed by atoms with Crippen molar-refractivity contribution in [3.8, 4) is 21.8 Å². The van der Waals surface area contributed by atoms with E-state index in [9.17, 15) is 4.39 Å². The molecule has 0 saturated carbocycles. The summed E-state index contributed by atoms with van der Waals surface area (Å²) in [7, 11) is 0. The second kappa shape index (κ2) is 6.63. The van der Waals surface area contributed by atoms with Gasteiger partial charge in [0.05, 0.1) is 21.7 Å². The maximum Gasteiger partial charge on any atom is 0.225 e. The van der Waals surface area contributed by atoms with Gasteiger partial charge in [0, 0.05) is 24.3 Å². The van der Waals surface area contributed by atoms with E-state index >= 15 is 0 Å². The molecular formula is C20H19FN6S. The van der Waals surface area contributed by atoms with E-state index in [4.69, 9.17) is 0 Å². The van der Waals surface area contributed by atoms with Gasteiger partial charge in [-0.1, -0.05) is 0 Å². The zero-order chi connectivity index (χ0) is 19.3. The van der Waals surface area contributed by atoms with Crippen molar-refractivity contribution >= 4 is 27.5 Å². The number of nitrogens with one attached hydrogen (secondary N) is 1. The van der Waals surface area contributed by atoms with Crippen LogP contribution in [-0.2, 0) is 0 Å². The Morgan fingerprint density at radius 1 is 1.04 bits per heavy atom. The highest BCUT2D eigenvalue weighted by atomic mass is 32.1. The minimum atomic E-state index is -0.481. The summed E-state index contributed by atoms with van der Waals surface area (Å²) in [5.41, 5.74) is 4.69. The number of hydrogen-bond acceptors (Lipinski definition) is 6. The van der Waals surface area contributed by atoms with Crippen LogP contribution in [0.3, 0.4) is 0 Å². The third-order valence-electron chi connectivity index (χ3n) is 5.13. The molecule has 0 unspecified atom stereocenters. The summed E-state index contributed by atoms with van der Waals surface area (Å²) >= 11 is 1.43. The fourth-order valence-electron chi connectivity index (χ4n) is 3.71. The Bertz CT molecular complexity index is 1160. The van der Waals surface area contributed by atoms with Crippen molar-refractivity contribution in [3.05, 3.63) is 41.6 Å². The molecule has 28 heavy (non-hydrogen) atoms. The summed E-state index contributed by atoms with van der Waals surface area (Å²) in [5.74, 6) is 0.219. The van der Waals surface area contributed by atoms with Crippen molar-refractivity contribution in [2.24, 2.45) is 0 Å². The minimum Gasteiger partial charge on any atom is -0.357 e. The lowest BCUT2D eigenvalue weighted by atomic mass is 10.1. The van der Waals surface area contributed by atoms with Gasteiger partial charge in [0.1, 0.15) is 10.8 Å². The maximum atomic E-state index is 14.7. The number of nitrogens with zero attached hydrogens (tertiary/aromatic N) is 5. The number of aromatic nitrogens is 5. The predicted molar refractivity (Wildman–Crippen MR) is 109 cm³/mol. The van der Waals surface area contributed by atoms with Gasteiger partial charge in [0.25, 0.3) is 0 Å². The average Bonchev–Trinajstić information content (AvgIpc) is 3.41. The van der Waals surface area contributed by atoms with Crippen LogP contribution in [0.1, 0.15) is 24.2 Å². The van der Waals surface area contributed by atoms with Crippen molar-refractivity contribution in [2.75, 3.05) is 18.0 Å². The standard InChI is InChI=1S/C20H19FN6S/c1-11-17(12(2)26-25-11)14-6-7-15-19(22-14)24-20(28-15)13-5-8-16(23-18(13)21)27-9-3-4-10-27/h5-8H,3-4,9-10H2,1-2H3,(H,25,26). The Morgan fingerprint density at radius 2 is 1.86 bits per heavy atom. The van der Waals surface area contributed by atoms with Crippen LogP contribution < -0.4 is 4.90 Å². The quantitative estimate of drug-likeness (QED) is 0.518. The topological polar surface area (TPSA) is 70.6 Å². The highest BCUT2D eigenvalue weighted by molar-refractivity contribution is 7.21. The number of H-pyrrole nitrogens is 1. The summed E-state index contributed by atoms with van der Waals surface area (Å²) in [6.45, 7) is 5.79.